The Kier molecular flexibility index (Phi) is 8.12. The number of carbonyl (C=O) groups excluding carboxylic acids is 2. The molecule has 0 spiro atoms. The van der Waals surface area contributed by atoms with Gasteiger partial charge in [0.2, 0.25) is 0 Å². The van der Waals surface area contributed by atoms with Gasteiger partial charge in [-0.05, 0) is 26.7 Å². The first-order chi connectivity index (χ1) is 6.56. The number of hydrogen-bond acceptors (Lipinski definition) is 3. The first-order valence-electron chi connectivity index (χ1n) is 4.85. The monoisotopic (exact) mass is 312 g/mol. The number of rotatable bonds is 7. The molecule has 0 aromatic heterocycles. The molecular weight excluding hydrogens is 295 g/mol. The quantitative estimate of drug-likeness (QED) is 0.412. The van der Waals surface area contributed by atoms with Crippen LogP contribution in [0.3, 0.4) is 0 Å². The summed E-state index contributed by atoms with van der Waals surface area (Å²) in [6.07, 6.45) is 2.72. The van der Waals surface area contributed by atoms with Gasteiger partial charge in [-0.25, -0.2) is 0 Å². The van der Waals surface area contributed by atoms with Gasteiger partial charge in [0, 0.05) is 16.8 Å². The molecule has 0 amide bonds. The van der Waals surface area contributed by atoms with Gasteiger partial charge in [-0.15, -0.1) is 0 Å². The lowest BCUT2D eigenvalue weighted by Gasteiger charge is -2.07. The maximum atomic E-state index is 11.0. The lowest BCUT2D eigenvalue weighted by molar-refractivity contribution is -0.143. The largest absolute Gasteiger partial charge is 0.466 e. The molecule has 14 heavy (non-hydrogen) atoms. The molecule has 0 rings (SSSR count). The molecule has 0 fully saturated rings. The molecule has 3 nitrogen and oxygen atoms in total. The van der Waals surface area contributed by atoms with Gasteiger partial charge >= 0.3 is 5.97 Å². The highest BCUT2D eigenvalue weighted by atomic mass is 127. The van der Waals surface area contributed by atoms with Crippen LogP contribution >= 0.6 is 22.6 Å². The molecule has 0 aliphatic rings. The molecule has 0 radical (unpaired) electrons. The number of ether oxygens (including phenoxy) is 1. The number of Topliss-reactive ketones (excluding diaryl/α,β-unsaturated/α-hetero) is 1. The average molecular weight is 312 g/mol. The van der Waals surface area contributed by atoms with E-state index in [2.05, 4.69) is 22.6 Å². The number of alkyl halides is 1. The molecule has 0 aliphatic heterocycles. The number of carbonyl (C=O) groups is 2. The van der Waals surface area contributed by atoms with Gasteiger partial charge in [0.1, 0.15) is 5.78 Å². The second kappa shape index (κ2) is 8.20. The summed E-state index contributed by atoms with van der Waals surface area (Å²) in [6.45, 7) is 3.84. The van der Waals surface area contributed by atoms with E-state index in [1.807, 2.05) is 0 Å². The van der Waals surface area contributed by atoms with Gasteiger partial charge in [-0.3, -0.25) is 4.79 Å². The van der Waals surface area contributed by atoms with Gasteiger partial charge < -0.3 is 9.53 Å². The first kappa shape index (κ1) is 13.9. The standard InChI is InChI=1S/C10H17IO3/c1-3-14-10(13)7-6-9(11)5-4-8(2)12/h9H,3-7H2,1-2H3. The Morgan fingerprint density at radius 2 is 1.86 bits per heavy atom. The van der Waals surface area contributed by atoms with Gasteiger partial charge in [-0.1, -0.05) is 22.6 Å². The smallest absolute Gasteiger partial charge is 0.305 e. The van der Waals surface area contributed by atoms with Crippen molar-refractivity contribution >= 4 is 34.3 Å². The molecule has 82 valence electrons. The maximum absolute atomic E-state index is 11.0. The number of halogens is 1. The molecule has 0 heterocycles. The molecule has 1 atom stereocenters. The molecule has 0 aliphatic carbocycles. The highest BCUT2D eigenvalue weighted by Crippen LogP contribution is 2.15. The summed E-state index contributed by atoms with van der Waals surface area (Å²) < 4.78 is 5.20. The summed E-state index contributed by atoms with van der Waals surface area (Å²) in [7, 11) is 0. The molecule has 4 heteroatoms. The minimum absolute atomic E-state index is 0.142. The second-order valence-corrected chi connectivity index (χ2v) is 4.94. The predicted molar refractivity (Wildman–Crippen MR) is 63.6 cm³/mol. The van der Waals surface area contributed by atoms with E-state index < -0.39 is 0 Å². The van der Waals surface area contributed by atoms with Crippen LogP contribution in [0, 0.1) is 0 Å². The summed E-state index contributed by atoms with van der Waals surface area (Å²) in [5.74, 6) is 0.0693. The van der Waals surface area contributed by atoms with Crippen molar-refractivity contribution in [1.29, 1.82) is 0 Å². The van der Waals surface area contributed by atoms with E-state index in [9.17, 15) is 9.59 Å². The third-order valence-corrected chi connectivity index (χ3v) is 3.02. The number of ketones is 1. The predicted octanol–water partition coefficient (Wildman–Crippen LogP) is 2.50. The van der Waals surface area contributed by atoms with Crippen molar-refractivity contribution in [1.82, 2.24) is 0 Å². The lowest BCUT2D eigenvalue weighted by atomic mass is 10.1. The fraction of sp³-hybridized carbons (Fsp3) is 0.800. The van der Waals surface area contributed by atoms with E-state index in [0.717, 1.165) is 12.8 Å². The molecule has 0 aromatic carbocycles. The minimum atomic E-state index is -0.142. The van der Waals surface area contributed by atoms with Gasteiger partial charge in [-0.2, -0.15) is 0 Å². The zero-order chi connectivity index (χ0) is 11.0. The van der Waals surface area contributed by atoms with Crippen molar-refractivity contribution in [2.75, 3.05) is 6.61 Å². The zero-order valence-corrected chi connectivity index (χ0v) is 10.9. The molecule has 1 unspecified atom stereocenters. The summed E-state index contributed by atoms with van der Waals surface area (Å²) in [4.78, 5) is 21.7. The maximum Gasteiger partial charge on any atom is 0.305 e. The Labute approximate surface area is 98.7 Å². The van der Waals surface area contributed by atoms with Crippen LogP contribution in [0.2, 0.25) is 0 Å². The van der Waals surface area contributed by atoms with E-state index in [1.165, 1.54) is 0 Å². The van der Waals surface area contributed by atoms with Gasteiger partial charge in [0.15, 0.2) is 0 Å². The third kappa shape index (κ3) is 8.47. The van der Waals surface area contributed by atoms with Crippen molar-refractivity contribution < 1.29 is 14.3 Å². The van der Waals surface area contributed by atoms with Crippen LogP contribution < -0.4 is 0 Å². The van der Waals surface area contributed by atoms with Crippen LogP contribution in [-0.4, -0.2) is 22.3 Å². The molecular formula is C10H17IO3. The summed E-state index contributed by atoms with van der Waals surface area (Å²) in [6, 6.07) is 0. The van der Waals surface area contributed by atoms with Crippen molar-refractivity contribution in [2.24, 2.45) is 0 Å². The average Bonchev–Trinajstić information content (AvgIpc) is 2.12. The van der Waals surface area contributed by atoms with Crippen LogP contribution in [0.15, 0.2) is 0 Å². The normalized spacial score (nSPS) is 12.2. The van der Waals surface area contributed by atoms with E-state index >= 15 is 0 Å². The Hall–Kier alpha value is -0.130. The Morgan fingerprint density at radius 1 is 1.29 bits per heavy atom. The van der Waals surface area contributed by atoms with Crippen LogP contribution in [0.5, 0.6) is 0 Å². The van der Waals surface area contributed by atoms with Gasteiger partial charge in [0.05, 0.1) is 6.61 Å². The lowest BCUT2D eigenvalue weighted by Crippen LogP contribution is -2.08. The molecule has 0 bridgehead atoms. The van der Waals surface area contributed by atoms with E-state index in [4.69, 9.17) is 4.74 Å². The van der Waals surface area contributed by atoms with Crippen molar-refractivity contribution in [3.63, 3.8) is 0 Å². The fourth-order valence-corrected chi connectivity index (χ4v) is 1.63. The van der Waals surface area contributed by atoms with E-state index in [-0.39, 0.29) is 11.8 Å². The Morgan fingerprint density at radius 3 is 2.36 bits per heavy atom. The van der Waals surface area contributed by atoms with Gasteiger partial charge in [0.25, 0.3) is 0 Å². The number of esters is 1. The highest BCUT2D eigenvalue weighted by Gasteiger charge is 2.09. The Bertz CT molecular complexity index is 192. The summed E-state index contributed by atoms with van der Waals surface area (Å²) in [5.41, 5.74) is 0. The fourth-order valence-electron chi connectivity index (χ4n) is 1.01. The minimum Gasteiger partial charge on any atom is -0.466 e. The Balaban J connectivity index is 3.48. The third-order valence-electron chi connectivity index (χ3n) is 1.78. The van der Waals surface area contributed by atoms with Crippen LogP contribution in [0.25, 0.3) is 0 Å². The van der Waals surface area contributed by atoms with Crippen molar-refractivity contribution in [3.05, 3.63) is 0 Å². The highest BCUT2D eigenvalue weighted by molar-refractivity contribution is 14.1. The summed E-state index contributed by atoms with van der Waals surface area (Å²) in [5, 5.41) is 0. The van der Waals surface area contributed by atoms with Crippen LogP contribution in [0.1, 0.15) is 39.5 Å². The molecule has 0 saturated heterocycles. The van der Waals surface area contributed by atoms with Crippen LogP contribution in [-0.2, 0) is 14.3 Å². The summed E-state index contributed by atoms with van der Waals surface area (Å²) >= 11 is 2.28. The van der Waals surface area contributed by atoms with Crippen molar-refractivity contribution in [3.8, 4) is 0 Å². The van der Waals surface area contributed by atoms with Crippen LogP contribution in [0.4, 0.5) is 0 Å². The van der Waals surface area contributed by atoms with Crippen molar-refractivity contribution in [2.45, 2.75) is 43.5 Å². The number of hydrogen-bond donors (Lipinski definition) is 0. The molecule has 0 N–H and O–H groups in total. The first-order valence-corrected chi connectivity index (χ1v) is 6.10. The topological polar surface area (TPSA) is 43.4 Å². The van der Waals surface area contributed by atoms with E-state index in [0.29, 0.717) is 23.4 Å². The molecule has 0 saturated carbocycles. The molecule has 0 aromatic rings. The van der Waals surface area contributed by atoms with E-state index in [1.54, 1.807) is 13.8 Å². The SMILES string of the molecule is CCOC(=O)CCC(I)CCC(C)=O. The zero-order valence-electron chi connectivity index (χ0n) is 8.72. The second-order valence-electron chi connectivity index (χ2n) is 3.18.